The van der Waals surface area contributed by atoms with E-state index < -0.39 is 37.7 Å². The summed E-state index contributed by atoms with van der Waals surface area (Å²) in [7, 11) is -6.18. The van der Waals surface area contributed by atoms with Gasteiger partial charge in [-0.2, -0.15) is 21.6 Å². The lowest BCUT2D eigenvalue weighted by molar-refractivity contribution is -0.384. The summed E-state index contributed by atoms with van der Waals surface area (Å²) in [6.07, 6.45) is 0. The molecule has 27 heavy (non-hydrogen) atoms. The van der Waals surface area contributed by atoms with Crippen molar-refractivity contribution in [2.24, 2.45) is 0 Å². The Morgan fingerprint density at radius 1 is 1.30 bits per heavy atom. The Bertz CT molecular complexity index is 986. The summed E-state index contributed by atoms with van der Waals surface area (Å²) in [4.78, 5) is 13.9. The third-order valence-electron chi connectivity index (χ3n) is 3.19. The summed E-state index contributed by atoms with van der Waals surface area (Å²) in [5.41, 5.74) is -8.62. The summed E-state index contributed by atoms with van der Waals surface area (Å²) in [6.45, 7) is 2.55. The van der Waals surface area contributed by atoms with Crippen molar-refractivity contribution in [1.82, 2.24) is 4.98 Å². The van der Waals surface area contributed by atoms with E-state index in [9.17, 15) is 36.8 Å². The van der Waals surface area contributed by atoms with Crippen LogP contribution in [0.5, 0.6) is 5.88 Å². The zero-order valence-electron chi connectivity index (χ0n) is 13.9. The molecule has 0 amide bonds. The van der Waals surface area contributed by atoms with Crippen LogP contribution in [0.1, 0.15) is 13.8 Å². The average molecular weight is 409 g/mol. The molecule has 0 bridgehead atoms. The SMILES string of the molecule is CC(C)(O)CNc1c([N+](=O)[O-])c(OS(=O)(=O)C(F)(F)F)nc2ccccc12. The largest absolute Gasteiger partial charge is 0.534 e. The highest BCUT2D eigenvalue weighted by Crippen LogP contribution is 2.41. The molecule has 0 aliphatic carbocycles. The van der Waals surface area contributed by atoms with E-state index in [-0.39, 0.29) is 23.1 Å². The zero-order chi connectivity index (χ0) is 20.6. The number of nitrogens with zero attached hydrogens (tertiary/aromatic N) is 2. The van der Waals surface area contributed by atoms with Gasteiger partial charge in [0.05, 0.1) is 16.0 Å². The number of halogens is 3. The molecule has 2 N–H and O–H groups in total. The zero-order valence-corrected chi connectivity index (χ0v) is 14.8. The van der Waals surface area contributed by atoms with Gasteiger partial charge in [-0.15, -0.1) is 0 Å². The molecule has 1 aromatic heterocycles. The van der Waals surface area contributed by atoms with Gasteiger partial charge in [0.1, 0.15) is 5.69 Å². The Morgan fingerprint density at radius 2 is 1.89 bits per heavy atom. The normalized spacial score (nSPS) is 12.8. The first-order valence-corrected chi connectivity index (χ1v) is 8.68. The van der Waals surface area contributed by atoms with E-state index in [2.05, 4.69) is 14.5 Å². The predicted octanol–water partition coefficient (Wildman–Crippen LogP) is 2.55. The smallest absolute Gasteiger partial charge is 0.389 e. The molecule has 0 aliphatic rings. The number of aliphatic hydroxyl groups is 1. The van der Waals surface area contributed by atoms with Crippen LogP contribution in [-0.2, 0) is 10.1 Å². The van der Waals surface area contributed by atoms with Crippen molar-refractivity contribution in [1.29, 1.82) is 0 Å². The molecule has 1 aromatic carbocycles. The molecule has 0 atom stereocenters. The molecule has 1 heterocycles. The summed E-state index contributed by atoms with van der Waals surface area (Å²) in [6, 6.07) is 5.64. The molecule has 0 fully saturated rings. The van der Waals surface area contributed by atoms with Crippen LogP contribution < -0.4 is 9.50 Å². The van der Waals surface area contributed by atoms with E-state index in [1.165, 1.54) is 38.1 Å². The molecule has 9 nitrogen and oxygen atoms in total. The summed E-state index contributed by atoms with van der Waals surface area (Å²) in [5, 5.41) is 24.0. The Kier molecular flexibility index (Phi) is 5.21. The second-order valence-corrected chi connectivity index (χ2v) is 7.60. The molecule has 0 saturated heterocycles. The molecular weight excluding hydrogens is 395 g/mol. The van der Waals surface area contributed by atoms with Gasteiger partial charge in [0.2, 0.25) is 0 Å². The van der Waals surface area contributed by atoms with Crippen molar-refractivity contribution >= 4 is 32.4 Å². The molecule has 0 spiro atoms. The lowest BCUT2D eigenvalue weighted by atomic mass is 10.1. The van der Waals surface area contributed by atoms with E-state index in [0.717, 1.165) is 0 Å². The molecule has 148 valence electrons. The fourth-order valence-electron chi connectivity index (χ4n) is 2.04. The number of hydrogen-bond donors (Lipinski definition) is 2. The summed E-state index contributed by atoms with van der Waals surface area (Å²) in [5.74, 6) is -1.34. The standard InChI is InChI=1S/C14H14F3N3O6S/c1-13(2,21)7-18-10-8-5-3-4-6-9(8)19-12(11(10)20(22)23)26-27(24,25)14(15,16)17/h3-6,21H,7H2,1-2H3,(H,18,19). The highest BCUT2D eigenvalue weighted by Gasteiger charge is 2.50. The van der Waals surface area contributed by atoms with Gasteiger partial charge >= 0.3 is 27.2 Å². The summed E-state index contributed by atoms with van der Waals surface area (Å²) < 4.78 is 64.3. The minimum absolute atomic E-state index is 0.0475. The van der Waals surface area contributed by atoms with Crippen molar-refractivity contribution in [2.45, 2.75) is 25.0 Å². The average Bonchev–Trinajstić information content (AvgIpc) is 2.49. The minimum atomic E-state index is -6.18. The topological polar surface area (TPSA) is 132 Å². The van der Waals surface area contributed by atoms with E-state index in [0.29, 0.717) is 0 Å². The number of nitrogens with one attached hydrogen (secondary N) is 1. The minimum Gasteiger partial charge on any atom is -0.389 e. The Balaban J connectivity index is 2.74. The van der Waals surface area contributed by atoms with Crippen LogP contribution in [-0.4, -0.2) is 41.1 Å². The van der Waals surface area contributed by atoms with Crippen molar-refractivity contribution < 1.29 is 35.8 Å². The number of hydrogen-bond acceptors (Lipinski definition) is 8. The number of nitro groups is 1. The van der Waals surface area contributed by atoms with Crippen LogP contribution in [0.25, 0.3) is 10.9 Å². The molecular formula is C14H14F3N3O6S. The maximum absolute atomic E-state index is 12.6. The quantitative estimate of drug-likeness (QED) is 0.322. The highest BCUT2D eigenvalue weighted by molar-refractivity contribution is 7.88. The fourth-order valence-corrected chi connectivity index (χ4v) is 2.46. The lowest BCUT2D eigenvalue weighted by Crippen LogP contribution is -2.30. The van der Waals surface area contributed by atoms with Crippen LogP contribution in [0, 0.1) is 10.1 Å². The van der Waals surface area contributed by atoms with Gasteiger partial charge in [-0.05, 0) is 19.9 Å². The number of rotatable bonds is 6. The first-order valence-electron chi connectivity index (χ1n) is 7.27. The van der Waals surface area contributed by atoms with Crippen LogP contribution in [0.2, 0.25) is 0 Å². The monoisotopic (exact) mass is 409 g/mol. The van der Waals surface area contributed by atoms with Gasteiger partial charge in [0.25, 0.3) is 0 Å². The van der Waals surface area contributed by atoms with E-state index in [4.69, 9.17) is 0 Å². The number of aromatic nitrogens is 1. The maximum Gasteiger partial charge on any atom is 0.534 e. The highest BCUT2D eigenvalue weighted by atomic mass is 32.2. The van der Waals surface area contributed by atoms with Gasteiger partial charge < -0.3 is 14.6 Å². The third-order valence-corrected chi connectivity index (χ3v) is 4.13. The number of fused-ring (bicyclic) bond motifs is 1. The van der Waals surface area contributed by atoms with Crippen molar-refractivity contribution in [3.05, 3.63) is 34.4 Å². The van der Waals surface area contributed by atoms with Crippen LogP contribution in [0.3, 0.4) is 0 Å². The van der Waals surface area contributed by atoms with Crippen molar-refractivity contribution in [3.63, 3.8) is 0 Å². The van der Waals surface area contributed by atoms with Crippen molar-refractivity contribution in [2.75, 3.05) is 11.9 Å². The first kappa shape index (κ1) is 20.6. The Labute approximate surface area is 151 Å². The molecule has 2 aromatic rings. The Hall–Kier alpha value is -2.67. The molecule has 13 heteroatoms. The molecule has 2 rings (SSSR count). The number of alkyl halides is 3. The number of benzene rings is 1. The van der Waals surface area contributed by atoms with Crippen LogP contribution >= 0.6 is 0 Å². The number of pyridine rings is 1. The Morgan fingerprint density at radius 3 is 2.41 bits per heavy atom. The van der Waals surface area contributed by atoms with Gasteiger partial charge in [-0.1, -0.05) is 18.2 Å². The van der Waals surface area contributed by atoms with Crippen molar-refractivity contribution in [3.8, 4) is 5.88 Å². The van der Waals surface area contributed by atoms with Gasteiger partial charge in [0, 0.05) is 11.9 Å². The predicted molar refractivity (Wildman–Crippen MR) is 88.8 cm³/mol. The maximum atomic E-state index is 12.6. The fraction of sp³-hybridized carbons (Fsp3) is 0.357. The molecule has 0 aliphatic heterocycles. The third kappa shape index (κ3) is 4.54. The molecule has 0 unspecified atom stereocenters. The molecule has 0 radical (unpaired) electrons. The van der Waals surface area contributed by atoms with E-state index >= 15 is 0 Å². The lowest BCUT2D eigenvalue weighted by Gasteiger charge is -2.20. The van der Waals surface area contributed by atoms with E-state index in [1.54, 1.807) is 0 Å². The van der Waals surface area contributed by atoms with E-state index in [1.807, 2.05) is 0 Å². The number of para-hydroxylation sites is 1. The van der Waals surface area contributed by atoms with Crippen LogP contribution in [0.15, 0.2) is 24.3 Å². The molecule has 0 saturated carbocycles. The first-order chi connectivity index (χ1) is 12.2. The van der Waals surface area contributed by atoms with Gasteiger partial charge in [-0.25, -0.2) is 4.98 Å². The second kappa shape index (κ2) is 6.81. The second-order valence-electron chi connectivity index (χ2n) is 6.06. The van der Waals surface area contributed by atoms with Gasteiger partial charge in [-0.3, -0.25) is 10.1 Å². The summed E-state index contributed by atoms with van der Waals surface area (Å²) >= 11 is 0. The number of anilines is 1. The van der Waals surface area contributed by atoms with Gasteiger partial charge in [0.15, 0.2) is 0 Å². The van der Waals surface area contributed by atoms with Crippen LogP contribution in [0.4, 0.5) is 24.5 Å².